The summed E-state index contributed by atoms with van der Waals surface area (Å²) in [5.41, 5.74) is 6.39. The average Bonchev–Trinajstić information content (AvgIpc) is 3.11. The summed E-state index contributed by atoms with van der Waals surface area (Å²) < 4.78 is 25.7. The Labute approximate surface area is 102 Å². The first kappa shape index (κ1) is 12.5. The van der Waals surface area contributed by atoms with E-state index in [-0.39, 0.29) is 18.3 Å². The first-order chi connectivity index (χ1) is 8.13. The van der Waals surface area contributed by atoms with Gasteiger partial charge in [-0.2, -0.15) is 4.31 Å². The third-order valence-corrected chi connectivity index (χ3v) is 4.76. The third kappa shape index (κ3) is 3.28. The van der Waals surface area contributed by atoms with Crippen LogP contribution in [0.5, 0.6) is 0 Å². The zero-order valence-electron chi connectivity index (χ0n) is 9.75. The van der Waals surface area contributed by atoms with E-state index in [0.717, 1.165) is 18.4 Å². The van der Waals surface area contributed by atoms with Crippen molar-refractivity contribution in [2.45, 2.75) is 25.4 Å². The molecule has 0 aromatic heterocycles. The van der Waals surface area contributed by atoms with Crippen LogP contribution in [0.2, 0.25) is 0 Å². The molecule has 5 heteroatoms. The summed E-state index contributed by atoms with van der Waals surface area (Å²) >= 11 is 0. The maximum Gasteiger partial charge on any atom is 0.215 e. The van der Waals surface area contributed by atoms with Gasteiger partial charge >= 0.3 is 0 Å². The van der Waals surface area contributed by atoms with Crippen molar-refractivity contribution in [2.75, 3.05) is 12.3 Å². The molecule has 1 fully saturated rings. The molecular formula is C12H18N2O2S. The highest BCUT2D eigenvalue weighted by Gasteiger charge is 2.36. The van der Waals surface area contributed by atoms with Crippen molar-refractivity contribution in [1.29, 1.82) is 0 Å². The van der Waals surface area contributed by atoms with E-state index in [1.807, 2.05) is 30.3 Å². The van der Waals surface area contributed by atoms with E-state index in [1.165, 1.54) is 0 Å². The molecule has 0 saturated heterocycles. The molecule has 4 nitrogen and oxygen atoms in total. The smallest absolute Gasteiger partial charge is 0.215 e. The quantitative estimate of drug-likeness (QED) is 0.821. The topological polar surface area (TPSA) is 63.4 Å². The first-order valence-electron chi connectivity index (χ1n) is 5.87. The van der Waals surface area contributed by atoms with E-state index in [1.54, 1.807) is 4.31 Å². The zero-order chi connectivity index (χ0) is 12.3. The molecule has 2 rings (SSSR count). The van der Waals surface area contributed by atoms with Gasteiger partial charge < -0.3 is 5.73 Å². The van der Waals surface area contributed by atoms with Gasteiger partial charge in [0, 0.05) is 19.1 Å². The van der Waals surface area contributed by atoms with E-state index in [0.29, 0.717) is 6.54 Å². The molecule has 0 bridgehead atoms. The molecule has 0 radical (unpaired) electrons. The van der Waals surface area contributed by atoms with E-state index in [2.05, 4.69) is 0 Å². The molecule has 94 valence electrons. The van der Waals surface area contributed by atoms with Crippen LogP contribution in [0, 0.1) is 0 Å². The molecule has 1 aromatic rings. The number of benzene rings is 1. The highest BCUT2D eigenvalue weighted by molar-refractivity contribution is 7.89. The molecule has 1 aromatic carbocycles. The Morgan fingerprint density at radius 3 is 2.41 bits per heavy atom. The summed E-state index contributed by atoms with van der Waals surface area (Å²) in [4.78, 5) is 0. The molecule has 1 aliphatic rings. The highest BCUT2D eigenvalue weighted by atomic mass is 32.2. The van der Waals surface area contributed by atoms with Gasteiger partial charge in [0.2, 0.25) is 10.0 Å². The predicted octanol–water partition coefficient (Wildman–Crippen LogP) is 0.940. The maximum atomic E-state index is 12.1. The van der Waals surface area contributed by atoms with Crippen molar-refractivity contribution in [2.24, 2.45) is 5.73 Å². The Hall–Kier alpha value is -0.910. The van der Waals surface area contributed by atoms with Crippen LogP contribution < -0.4 is 5.73 Å². The number of nitrogens with two attached hydrogens (primary N) is 1. The molecule has 1 aliphatic carbocycles. The second kappa shape index (κ2) is 5.16. The van der Waals surface area contributed by atoms with Crippen LogP contribution in [0.4, 0.5) is 0 Å². The molecule has 0 aliphatic heterocycles. The van der Waals surface area contributed by atoms with Gasteiger partial charge in [-0.25, -0.2) is 8.42 Å². The lowest BCUT2D eigenvalue weighted by Crippen LogP contribution is -2.36. The summed E-state index contributed by atoms with van der Waals surface area (Å²) in [6, 6.07) is 9.87. The molecule has 0 heterocycles. The standard InChI is InChI=1S/C12H18N2O2S/c13-8-9-17(15,16)14(12-6-7-12)10-11-4-2-1-3-5-11/h1-5,12H,6-10,13H2. The van der Waals surface area contributed by atoms with Gasteiger partial charge in [0.15, 0.2) is 0 Å². The number of hydrogen-bond acceptors (Lipinski definition) is 3. The first-order valence-corrected chi connectivity index (χ1v) is 7.48. The molecule has 0 spiro atoms. The van der Waals surface area contributed by atoms with Crippen LogP contribution in [-0.2, 0) is 16.6 Å². The summed E-state index contributed by atoms with van der Waals surface area (Å²) in [5.74, 6) is 0.0380. The molecule has 1 saturated carbocycles. The van der Waals surface area contributed by atoms with E-state index in [4.69, 9.17) is 5.73 Å². The minimum Gasteiger partial charge on any atom is -0.329 e. The largest absolute Gasteiger partial charge is 0.329 e. The molecule has 2 N–H and O–H groups in total. The minimum atomic E-state index is -3.20. The maximum absolute atomic E-state index is 12.1. The molecule has 0 unspecified atom stereocenters. The Kier molecular flexibility index (Phi) is 3.81. The fourth-order valence-electron chi connectivity index (χ4n) is 1.85. The van der Waals surface area contributed by atoms with E-state index >= 15 is 0 Å². The summed E-state index contributed by atoms with van der Waals surface area (Å²) in [6.45, 7) is 0.647. The highest BCUT2D eigenvalue weighted by Crippen LogP contribution is 2.30. The SMILES string of the molecule is NCCS(=O)(=O)N(Cc1ccccc1)C1CC1. The van der Waals surface area contributed by atoms with Gasteiger partial charge in [0.1, 0.15) is 0 Å². The van der Waals surface area contributed by atoms with Crippen LogP contribution in [0.15, 0.2) is 30.3 Å². The number of sulfonamides is 1. The van der Waals surface area contributed by atoms with Crippen molar-refractivity contribution in [3.63, 3.8) is 0 Å². The zero-order valence-corrected chi connectivity index (χ0v) is 10.6. The van der Waals surface area contributed by atoms with Crippen molar-refractivity contribution < 1.29 is 8.42 Å². The normalized spacial score (nSPS) is 16.4. The van der Waals surface area contributed by atoms with Crippen molar-refractivity contribution in [3.8, 4) is 0 Å². The second-order valence-electron chi connectivity index (χ2n) is 4.37. The lowest BCUT2D eigenvalue weighted by Gasteiger charge is -2.21. The second-order valence-corrected chi connectivity index (χ2v) is 6.41. The molecular weight excluding hydrogens is 236 g/mol. The molecule has 0 atom stereocenters. The van der Waals surface area contributed by atoms with Crippen LogP contribution in [-0.4, -0.2) is 31.1 Å². The van der Waals surface area contributed by atoms with Gasteiger partial charge in [-0.15, -0.1) is 0 Å². The summed E-state index contributed by atoms with van der Waals surface area (Å²) in [5, 5.41) is 0. The van der Waals surface area contributed by atoms with E-state index < -0.39 is 10.0 Å². The van der Waals surface area contributed by atoms with Gasteiger partial charge in [-0.3, -0.25) is 0 Å². The summed E-state index contributed by atoms with van der Waals surface area (Å²) in [6.07, 6.45) is 1.94. The minimum absolute atomic E-state index is 0.0380. The summed E-state index contributed by atoms with van der Waals surface area (Å²) in [7, 11) is -3.20. The van der Waals surface area contributed by atoms with Gasteiger partial charge in [0.05, 0.1) is 5.75 Å². The molecule has 0 amide bonds. The van der Waals surface area contributed by atoms with E-state index in [9.17, 15) is 8.42 Å². The molecule has 17 heavy (non-hydrogen) atoms. The fourth-order valence-corrected chi connectivity index (χ4v) is 3.39. The number of rotatable bonds is 6. The Balaban J connectivity index is 2.13. The van der Waals surface area contributed by atoms with Crippen LogP contribution in [0.25, 0.3) is 0 Å². The monoisotopic (exact) mass is 254 g/mol. The van der Waals surface area contributed by atoms with Crippen LogP contribution in [0.3, 0.4) is 0 Å². The number of hydrogen-bond donors (Lipinski definition) is 1. The van der Waals surface area contributed by atoms with Crippen molar-refractivity contribution in [1.82, 2.24) is 4.31 Å². The van der Waals surface area contributed by atoms with Gasteiger partial charge in [-0.05, 0) is 18.4 Å². The van der Waals surface area contributed by atoms with Crippen molar-refractivity contribution in [3.05, 3.63) is 35.9 Å². The lowest BCUT2D eigenvalue weighted by molar-refractivity contribution is 0.399. The van der Waals surface area contributed by atoms with Crippen molar-refractivity contribution >= 4 is 10.0 Å². The average molecular weight is 254 g/mol. The van der Waals surface area contributed by atoms with Gasteiger partial charge in [-0.1, -0.05) is 30.3 Å². The Bertz CT molecular complexity index is 455. The fraction of sp³-hybridized carbons (Fsp3) is 0.500. The number of nitrogens with zero attached hydrogens (tertiary/aromatic N) is 1. The third-order valence-electron chi connectivity index (χ3n) is 2.87. The van der Waals surface area contributed by atoms with Gasteiger partial charge in [0.25, 0.3) is 0 Å². The Morgan fingerprint density at radius 2 is 1.88 bits per heavy atom. The predicted molar refractivity (Wildman–Crippen MR) is 67.8 cm³/mol. The Morgan fingerprint density at radius 1 is 1.24 bits per heavy atom. The van der Waals surface area contributed by atoms with Crippen LogP contribution in [0.1, 0.15) is 18.4 Å². The lowest BCUT2D eigenvalue weighted by atomic mass is 10.2. The van der Waals surface area contributed by atoms with Crippen LogP contribution >= 0.6 is 0 Å².